The van der Waals surface area contributed by atoms with E-state index >= 15 is 0 Å². The van der Waals surface area contributed by atoms with Gasteiger partial charge in [0.2, 0.25) is 0 Å². The van der Waals surface area contributed by atoms with Crippen molar-refractivity contribution in [3.8, 4) is 0 Å². The van der Waals surface area contributed by atoms with Crippen LogP contribution < -0.4 is 20.9 Å². The van der Waals surface area contributed by atoms with Crippen molar-refractivity contribution in [1.82, 2.24) is 4.83 Å². The number of rotatable bonds is 7. The van der Waals surface area contributed by atoms with Gasteiger partial charge < -0.3 is 20.7 Å². The number of fused-ring (bicyclic) bond motifs is 4. The molecule has 0 aliphatic carbocycles. The summed E-state index contributed by atoms with van der Waals surface area (Å²) < 4.78 is 50.6. The first-order valence-electron chi connectivity index (χ1n) is 19.2. The number of halogens is 2. The molecule has 0 amide bonds. The number of anilines is 4. The van der Waals surface area contributed by atoms with Gasteiger partial charge in [-0.3, -0.25) is 0 Å². The first-order chi connectivity index (χ1) is 29.3. The summed E-state index contributed by atoms with van der Waals surface area (Å²) in [6.45, 7) is 5.80. The summed E-state index contributed by atoms with van der Waals surface area (Å²) in [5.41, 5.74) is 9.08. The second-order valence-corrected chi connectivity index (χ2v) is 18.1. The molecule has 2 aliphatic heterocycles. The molecule has 1 unspecified atom stereocenters. The molecule has 0 bridgehead atoms. The Balaban J connectivity index is 0.000000152. The van der Waals surface area contributed by atoms with E-state index in [0.29, 0.717) is 5.71 Å². The number of para-hydroxylation sites is 2. The fourth-order valence-corrected chi connectivity index (χ4v) is 9.18. The Hall–Kier alpha value is -5.90. The average Bonchev–Trinajstić information content (AvgIpc) is 3.26. The molecular weight excluding hydrogens is 830 g/mol. The van der Waals surface area contributed by atoms with Gasteiger partial charge in [0.15, 0.2) is 0 Å². The van der Waals surface area contributed by atoms with Crippen molar-refractivity contribution in [2.24, 2.45) is 5.10 Å². The molecule has 7 aromatic carbocycles. The molecule has 9 rings (SSSR count). The van der Waals surface area contributed by atoms with Gasteiger partial charge >= 0.3 is 7.12 Å². The van der Waals surface area contributed by atoms with Crippen molar-refractivity contribution in [2.45, 2.75) is 51.2 Å². The Bertz CT molecular complexity index is 2830. The SMILES string of the molecule is C/C(=N\NS(=O)(=O)c1ccc(C)cc1)c1ccc2c(c1)Nc1ccccc1S2.CC(c1cccc(F)c1)c1ccc2c(c1)Nc1ccccc1S2.OB(O)c1cccc(F)c1. The van der Waals surface area contributed by atoms with Crippen LogP contribution in [-0.4, -0.2) is 31.3 Å². The van der Waals surface area contributed by atoms with E-state index in [9.17, 15) is 17.2 Å². The Kier molecular flexibility index (Phi) is 13.6. The molecule has 8 nitrogen and oxygen atoms in total. The third-order valence-electron chi connectivity index (χ3n) is 9.81. The topological polar surface area (TPSA) is 123 Å². The van der Waals surface area contributed by atoms with Gasteiger partial charge in [-0.2, -0.15) is 18.4 Å². The third-order valence-corrected chi connectivity index (χ3v) is 13.3. The zero-order valence-corrected chi connectivity index (χ0v) is 35.8. The van der Waals surface area contributed by atoms with Crippen molar-refractivity contribution in [2.75, 3.05) is 10.6 Å². The zero-order valence-electron chi connectivity index (χ0n) is 33.3. The van der Waals surface area contributed by atoms with Gasteiger partial charge in [-0.25, -0.2) is 8.78 Å². The van der Waals surface area contributed by atoms with E-state index in [-0.39, 0.29) is 22.1 Å². The quantitative estimate of drug-likeness (QED) is 0.0610. The highest BCUT2D eigenvalue weighted by atomic mass is 32.2. The van der Waals surface area contributed by atoms with Gasteiger partial charge in [-0.05, 0) is 121 Å². The molecule has 2 heterocycles. The maximum absolute atomic E-state index is 13.5. The molecule has 14 heteroatoms. The van der Waals surface area contributed by atoms with Gasteiger partial charge in [0.05, 0.1) is 33.4 Å². The summed E-state index contributed by atoms with van der Waals surface area (Å²) >= 11 is 3.48. The van der Waals surface area contributed by atoms with Crippen molar-refractivity contribution in [3.05, 3.63) is 192 Å². The molecule has 1 atom stereocenters. The predicted molar refractivity (Wildman–Crippen MR) is 244 cm³/mol. The summed E-state index contributed by atoms with van der Waals surface area (Å²) in [5.74, 6) is -0.500. The Labute approximate surface area is 363 Å². The van der Waals surface area contributed by atoms with Gasteiger partial charge in [0, 0.05) is 25.5 Å². The minimum atomic E-state index is -3.69. The smallest absolute Gasteiger partial charge is 0.423 e. The van der Waals surface area contributed by atoms with Crippen LogP contribution in [0, 0.1) is 18.6 Å². The van der Waals surface area contributed by atoms with Gasteiger partial charge in [-0.1, -0.05) is 109 Å². The standard InChI is InChI=1S/C21H19N3O2S2.C20H16FNS.C6H6BFO2/c1-14-7-10-17(11-8-14)28(25,26)24-23-15(2)16-9-12-21-19(13-16)22-18-5-3-4-6-20(18)27-21;1-13(14-5-4-6-16(21)11-14)15-9-10-20-18(12-15)22-17-7-2-3-8-19(17)23-20;8-6-3-1-2-5(4-6)7(9)10/h3-13,22,24H,1-2H3;2-13,22H,1H3;1-4,9-10H/b23-15+;;. The van der Waals surface area contributed by atoms with Crippen LogP contribution in [0.3, 0.4) is 0 Å². The molecule has 5 N–H and O–H groups in total. The number of nitrogens with zero attached hydrogens (tertiary/aromatic N) is 1. The summed E-state index contributed by atoms with van der Waals surface area (Å²) in [7, 11) is -5.28. The highest BCUT2D eigenvalue weighted by Crippen LogP contribution is 2.46. The maximum atomic E-state index is 13.5. The van der Waals surface area contributed by atoms with Crippen LogP contribution in [0.4, 0.5) is 31.5 Å². The van der Waals surface area contributed by atoms with Crippen LogP contribution in [0.5, 0.6) is 0 Å². The van der Waals surface area contributed by atoms with Crippen molar-refractivity contribution in [1.29, 1.82) is 0 Å². The van der Waals surface area contributed by atoms with E-state index in [2.05, 4.69) is 70.0 Å². The van der Waals surface area contributed by atoms with Crippen LogP contribution in [0.1, 0.15) is 42.0 Å². The van der Waals surface area contributed by atoms with E-state index in [4.69, 9.17) is 10.0 Å². The molecule has 0 saturated heterocycles. The molecule has 0 fully saturated rings. The van der Waals surface area contributed by atoms with Crippen molar-refractivity contribution >= 4 is 74.6 Å². The number of hydrazone groups is 1. The summed E-state index contributed by atoms with van der Waals surface area (Å²) in [4.78, 5) is 7.28. The lowest BCUT2D eigenvalue weighted by molar-refractivity contribution is 0.425. The molecule has 7 aromatic rings. The fourth-order valence-electron chi connectivity index (χ4n) is 6.39. The highest BCUT2D eigenvalue weighted by Gasteiger charge is 2.19. The van der Waals surface area contributed by atoms with E-state index in [1.54, 1.807) is 66.8 Å². The van der Waals surface area contributed by atoms with E-state index in [1.165, 1.54) is 44.5 Å². The van der Waals surface area contributed by atoms with Gasteiger partial charge in [0.25, 0.3) is 10.0 Å². The predicted octanol–water partition coefficient (Wildman–Crippen LogP) is 10.6. The first-order valence-corrected chi connectivity index (χ1v) is 22.3. The van der Waals surface area contributed by atoms with E-state index in [0.717, 1.165) is 50.4 Å². The monoisotopic (exact) mass is 870 g/mol. The van der Waals surface area contributed by atoms with Crippen molar-refractivity contribution < 1.29 is 27.2 Å². The first kappa shape index (κ1) is 43.2. The number of sulfonamides is 1. The number of nitrogens with one attached hydrogen (secondary N) is 3. The largest absolute Gasteiger partial charge is 0.488 e. The lowest BCUT2D eigenvalue weighted by Gasteiger charge is -2.22. The van der Waals surface area contributed by atoms with Crippen LogP contribution in [0.2, 0.25) is 0 Å². The molecule has 0 spiro atoms. The lowest BCUT2D eigenvalue weighted by Crippen LogP contribution is -2.29. The van der Waals surface area contributed by atoms with Gasteiger partial charge in [0.1, 0.15) is 11.6 Å². The average molecular weight is 871 g/mol. The Morgan fingerprint density at radius 1 is 0.639 bits per heavy atom. The third kappa shape index (κ3) is 10.9. The van der Waals surface area contributed by atoms with Gasteiger partial charge in [-0.15, -0.1) is 0 Å². The summed E-state index contributed by atoms with van der Waals surface area (Å²) in [6, 6.07) is 47.5. The van der Waals surface area contributed by atoms with E-state index < -0.39 is 23.0 Å². The van der Waals surface area contributed by atoms with Crippen LogP contribution >= 0.6 is 23.5 Å². The second-order valence-electron chi connectivity index (χ2n) is 14.2. The molecule has 2 aliphatic rings. The van der Waals surface area contributed by atoms with E-state index in [1.807, 2.05) is 55.5 Å². The van der Waals surface area contributed by atoms with Crippen LogP contribution in [0.25, 0.3) is 0 Å². The fraction of sp³-hybridized carbons (Fsp3) is 0.0851. The number of hydrogen-bond donors (Lipinski definition) is 5. The summed E-state index contributed by atoms with van der Waals surface area (Å²) in [5, 5.41) is 28.1. The van der Waals surface area contributed by atoms with Crippen LogP contribution in [0.15, 0.2) is 187 Å². The number of hydrogen-bond acceptors (Lipinski definition) is 9. The number of aryl methyl sites for hydroxylation is 1. The molecule has 0 saturated carbocycles. The Morgan fingerprint density at radius 3 is 1.77 bits per heavy atom. The normalized spacial score (nSPS) is 12.8. The zero-order chi connectivity index (χ0) is 43.1. The molecule has 0 aromatic heterocycles. The molecule has 308 valence electrons. The van der Waals surface area contributed by atoms with Crippen LogP contribution in [-0.2, 0) is 10.0 Å². The summed E-state index contributed by atoms with van der Waals surface area (Å²) in [6.07, 6.45) is 0. The Morgan fingerprint density at radius 2 is 1.18 bits per heavy atom. The minimum absolute atomic E-state index is 0.153. The number of benzene rings is 7. The molecule has 61 heavy (non-hydrogen) atoms. The lowest BCUT2D eigenvalue weighted by atomic mass is 9.80. The van der Waals surface area contributed by atoms with Crippen molar-refractivity contribution in [3.63, 3.8) is 0 Å². The maximum Gasteiger partial charge on any atom is 0.488 e. The second kappa shape index (κ2) is 19.2. The highest BCUT2D eigenvalue weighted by molar-refractivity contribution is 8.00. The minimum Gasteiger partial charge on any atom is -0.423 e. The molecule has 0 radical (unpaired) electrons. The molecular formula is C47H41BF2N4O4S3.